The molecule has 1 fully saturated rings. The minimum Gasteiger partial charge on any atom is -0.389 e. The summed E-state index contributed by atoms with van der Waals surface area (Å²) in [6, 6.07) is 0.741. The Labute approximate surface area is 99.8 Å². The summed E-state index contributed by atoms with van der Waals surface area (Å²) >= 11 is 0. The number of rotatable bonds is 10. The molecule has 1 saturated carbocycles. The zero-order chi connectivity index (χ0) is 11.8. The minimum absolute atomic E-state index is 0.316. The Hall–Kier alpha value is -0.120. The molecule has 0 aliphatic heterocycles. The fourth-order valence-electron chi connectivity index (χ4n) is 1.94. The molecule has 3 heteroatoms. The van der Waals surface area contributed by atoms with E-state index in [0.29, 0.717) is 6.61 Å². The summed E-state index contributed by atoms with van der Waals surface area (Å²) in [6.45, 7) is 7.51. The molecule has 96 valence electrons. The summed E-state index contributed by atoms with van der Waals surface area (Å²) < 4.78 is 5.44. The lowest BCUT2D eigenvalue weighted by atomic mass is 10.3. The highest BCUT2D eigenvalue weighted by Crippen LogP contribution is 2.26. The first-order valence-electron chi connectivity index (χ1n) is 6.77. The highest BCUT2D eigenvalue weighted by atomic mass is 16.5. The fraction of sp³-hybridized carbons (Fsp3) is 1.00. The lowest BCUT2D eigenvalue weighted by molar-refractivity contribution is 0.0143. The molecule has 0 spiro atoms. The molecular formula is C13H27NO2. The molecule has 1 atom stereocenters. The van der Waals surface area contributed by atoms with Crippen LogP contribution in [0.4, 0.5) is 0 Å². The molecule has 0 bridgehead atoms. The van der Waals surface area contributed by atoms with Gasteiger partial charge in [0.05, 0.1) is 12.7 Å². The van der Waals surface area contributed by atoms with Crippen molar-refractivity contribution in [3.8, 4) is 0 Å². The predicted molar refractivity (Wildman–Crippen MR) is 66.6 cm³/mol. The summed E-state index contributed by atoms with van der Waals surface area (Å²) in [5.41, 5.74) is 0. The third-order valence-electron chi connectivity index (χ3n) is 2.97. The van der Waals surface area contributed by atoms with Gasteiger partial charge in [-0.05, 0) is 32.2 Å². The molecule has 1 unspecified atom stereocenters. The number of aliphatic hydroxyl groups excluding tert-OH is 1. The Morgan fingerprint density at radius 3 is 2.62 bits per heavy atom. The Kier molecular flexibility index (Phi) is 7.01. The van der Waals surface area contributed by atoms with E-state index in [-0.39, 0.29) is 6.10 Å². The largest absolute Gasteiger partial charge is 0.389 e. The topological polar surface area (TPSA) is 32.7 Å². The maximum atomic E-state index is 9.86. The smallest absolute Gasteiger partial charge is 0.0900 e. The van der Waals surface area contributed by atoms with Crippen LogP contribution in [0.25, 0.3) is 0 Å². The van der Waals surface area contributed by atoms with Crippen molar-refractivity contribution < 1.29 is 9.84 Å². The van der Waals surface area contributed by atoms with E-state index in [4.69, 9.17) is 4.74 Å². The van der Waals surface area contributed by atoms with E-state index in [1.165, 1.54) is 19.3 Å². The quantitative estimate of drug-likeness (QED) is 0.582. The fourth-order valence-corrected chi connectivity index (χ4v) is 1.94. The maximum Gasteiger partial charge on any atom is 0.0900 e. The van der Waals surface area contributed by atoms with Crippen LogP contribution >= 0.6 is 0 Å². The molecular weight excluding hydrogens is 202 g/mol. The molecule has 0 aromatic heterocycles. The molecule has 0 heterocycles. The van der Waals surface area contributed by atoms with Crippen molar-refractivity contribution in [2.24, 2.45) is 0 Å². The van der Waals surface area contributed by atoms with Crippen LogP contribution in [0.15, 0.2) is 0 Å². The lowest BCUT2D eigenvalue weighted by Crippen LogP contribution is -2.37. The molecule has 1 rings (SSSR count). The molecule has 0 saturated heterocycles. The first-order chi connectivity index (χ1) is 7.77. The van der Waals surface area contributed by atoms with E-state index in [1.54, 1.807) is 0 Å². The van der Waals surface area contributed by atoms with E-state index in [2.05, 4.69) is 18.7 Å². The first-order valence-corrected chi connectivity index (χ1v) is 6.77. The van der Waals surface area contributed by atoms with E-state index in [0.717, 1.165) is 38.6 Å². The zero-order valence-corrected chi connectivity index (χ0v) is 10.8. The van der Waals surface area contributed by atoms with Gasteiger partial charge in [-0.15, -0.1) is 0 Å². The van der Waals surface area contributed by atoms with Crippen molar-refractivity contribution in [2.75, 3.05) is 26.3 Å². The molecule has 0 radical (unpaired) electrons. The number of hydrogen-bond donors (Lipinski definition) is 1. The van der Waals surface area contributed by atoms with Crippen LogP contribution in [0.2, 0.25) is 0 Å². The lowest BCUT2D eigenvalue weighted by Gasteiger charge is -2.24. The van der Waals surface area contributed by atoms with Crippen LogP contribution in [-0.4, -0.2) is 48.5 Å². The molecule has 0 aromatic rings. The normalized spacial score (nSPS) is 18.0. The second kappa shape index (κ2) is 8.04. The summed E-state index contributed by atoms with van der Waals surface area (Å²) in [6.07, 6.45) is 5.71. The predicted octanol–water partition coefficient (Wildman–Crippen LogP) is 2.04. The van der Waals surface area contributed by atoms with Crippen molar-refractivity contribution in [1.82, 2.24) is 4.90 Å². The van der Waals surface area contributed by atoms with E-state index in [9.17, 15) is 5.11 Å². The monoisotopic (exact) mass is 229 g/mol. The third kappa shape index (κ3) is 5.83. The molecule has 1 aliphatic rings. The highest BCUT2D eigenvalue weighted by molar-refractivity contribution is 4.85. The van der Waals surface area contributed by atoms with Gasteiger partial charge in [0.2, 0.25) is 0 Å². The third-order valence-corrected chi connectivity index (χ3v) is 2.97. The standard InChI is InChI=1S/C13H27NO2/c1-3-5-9-16-11-13(15)10-14(8-4-2)12-6-7-12/h12-13,15H,3-11H2,1-2H3. The van der Waals surface area contributed by atoms with Crippen LogP contribution in [0.3, 0.4) is 0 Å². The van der Waals surface area contributed by atoms with Crippen LogP contribution in [0, 0.1) is 0 Å². The number of ether oxygens (including phenoxy) is 1. The van der Waals surface area contributed by atoms with Gasteiger partial charge in [-0.2, -0.15) is 0 Å². The van der Waals surface area contributed by atoms with Crippen molar-refractivity contribution in [2.45, 2.75) is 58.1 Å². The average molecular weight is 229 g/mol. The van der Waals surface area contributed by atoms with Gasteiger partial charge in [0.15, 0.2) is 0 Å². The van der Waals surface area contributed by atoms with E-state index in [1.807, 2.05) is 0 Å². The molecule has 16 heavy (non-hydrogen) atoms. The number of hydrogen-bond acceptors (Lipinski definition) is 3. The second-order valence-electron chi connectivity index (χ2n) is 4.81. The molecule has 0 amide bonds. The number of aliphatic hydroxyl groups is 1. The zero-order valence-electron chi connectivity index (χ0n) is 10.8. The summed E-state index contributed by atoms with van der Waals surface area (Å²) in [5.74, 6) is 0. The van der Waals surface area contributed by atoms with Crippen LogP contribution in [-0.2, 0) is 4.74 Å². The maximum absolute atomic E-state index is 9.86. The van der Waals surface area contributed by atoms with Gasteiger partial charge >= 0.3 is 0 Å². The summed E-state index contributed by atoms with van der Waals surface area (Å²) in [5, 5.41) is 9.86. The number of unbranched alkanes of at least 4 members (excludes halogenated alkanes) is 1. The Morgan fingerprint density at radius 1 is 1.31 bits per heavy atom. The Morgan fingerprint density at radius 2 is 2.06 bits per heavy atom. The Bertz CT molecular complexity index is 171. The van der Waals surface area contributed by atoms with E-state index < -0.39 is 0 Å². The SMILES string of the molecule is CCCCOCC(O)CN(CCC)C1CC1. The van der Waals surface area contributed by atoms with Gasteiger partial charge in [0, 0.05) is 19.2 Å². The van der Waals surface area contributed by atoms with Crippen molar-refractivity contribution in [3.63, 3.8) is 0 Å². The van der Waals surface area contributed by atoms with Gasteiger partial charge in [-0.25, -0.2) is 0 Å². The van der Waals surface area contributed by atoms with Gasteiger partial charge in [-0.1, -0.05) is 20.3 Å². The molecule has 0 aromatic carbocycles. The minimum atomic E-state index is -0.316. The van der Waals surface area contributed by atoms with Crippen molar-refractivity contribution in [1.29, 1.82) is 0 Å². The van der Waals surface area contributed by atoms with Crippen LogP contribution < -0.4 is 0 Å². The Balaban J connectivity index is 2.07. The van der Waals surface area contributed by atoms with Crippen LogP contribution in [0.1, 0.15) is 46.0 Å². The summed E-state index contributed by atoms with van der Waals surface area (Å²) in [7, 11) is 0. The van der Waals surface area contributed by atoms with Crippen molar-refractivity contribution in [3.05, 3.63) is 0 Å². The van der Waals surface area contributed by atoms with Gasteiger partial charge in [0.25, 0.3) is 0 Å². The average Bonchev–Trinajstić information content (AvgIpc) is 3.07. The van der Waals surface area contributed by atoms with Gasteiger partial charge in [-0.3, -0.25) is 4.90 Å². The van der Waals surface area contributed by atoms with Crippen molar-refractivity contribution >= 4 is 0 Å². The van der Waals surface area contributed by atoms with Gasteiger partial charge in [0.1, 0.15) is 0 Å². The highest BCUT2D eigenvalue weighted by Gasteiger charge is 2.29. The first kappa shape index (κ1) is 13.9. The molecule has 1 N–H and O–H groups in total. The number of nitrogens with zero attached hydrogens (tertiary/aromatic N) is 1. The van der Waals surface area contributed by atoms with Gasteiger partial charge < -0.3 is 9.84 Å². The summed E-state index contributed by atoms with van der Waals surface area (Å²) in [4.78, 5) is 2.41. The van der Waals surface area contributed by atoms with E-state index >= 15 is 0 Å². The second-order valence-corrected chi connectivity index (χ2v) is 4.81. The molecule has 1 aliphatic carbocycles. The molecule has 3 nitrogen and oxygen atoms in total. The van der Waals surface area contributed by atoms with Crippen LogP contribution in [0.5, 0.6) is 0 Å².